The number of hydrogen-bond acceptors (Lipinski definition) is 5. The molecule has 1 aromatic carbocycles. The number of benzene rings is 1. The van der Waals surface area contributed by atoms with Crippen molar-refractivity contribution in [2.75, 3.05) is 19.5 Å². The predicted molar refractivity (Wildman–Crippen MR) is 102 cm³/mol. The van der Waals surface area contributed by atoms with Crippen molar-refractivity contribution in [2.24, 2.45) is 16.1 Å². The monoisotopic (exact) mass is 410 g/mol. The number of nitrogens with zero attached hydrogens (tertiary/aromatic N) is 1. The Hall–Kier alpha value is -0.720. The van der Waals surface area contributed by atoms with Crippen molar-refractivity contribution in [1.29, 1.82) is 0 Å². The fourth-order valence-electron chi connectivity index (χ4n) is 4.67. The Morgan fingerprint density at radius 3 is 2.83 bits per heavy atom. The lowest BCUT2D eigenvalue weighted by Gasteiger charge is -2.55. The third kappa shape index (κ3) is 2.49. The molecule has 2 N–H and O–H groups in total. The molecule has 0 aromatic heterocycles. The van der Waals surface area contributed by atoms with Gasteiger partial charge >= 0.3 is 0 Å². The summed E-state index contributed by atoms with van der Waals surface area (Å²) in [5, 5.41) is 0.710. The number of methoxy groups -OCH3 is 1. The van der Waals surface area contributed by atoms with Crippen LogP contribution in [-0.4, -0.2) is 30.7 Å². The van der Waals surface area contributed by atoms with Crippen LogP contribution in [0.4, 0.5) is 0 Å². The summed E-state index contributed by atoms with van der Waals surface area (Å²) < 4.78 is 12.9. The maximum absolute atomic E-state index is 6.22. The van der Waals surface area contributed by atoms with Crippen LogP contribution in [0, 0.1) is 5.41 Å². The second-order valence-electron chi connectivity index (χ2n) is 7.05. The third-order valence-electron chi connectivity index (χ3n) is 6.01. The van der Waals surface area contributed by atoms with E-state index in [4.69, 9.17) is 20.2 Å². The summed E-state index contributed by atoms with van der Waals surface area (Å²) in [6, 6.07) is 6.28. The van der Waals surface area contributed by atoms with E-state index in [2.05, 4.69) is 28.1 Å². The van der Waals surface area contributed by atoms with Crippen LogP contribution in [0.5, 0.6) is 5.75 Å². The molecule has 2 heterocycles. The van der Waals surface area contributed by atoms with E-state index in [0.717, 1.165) is 54.7 Å². The van der Waals surface area contributed by atoms with Crippen LogP contribution in [-0.2, 0) is 10.3 Å². The first-order valence-electron chi connectivity index (χ1n) is 8.52. The second kappa shape index (κ2) is 6.22. The highest BCUT2D eigenvalue weighted by molar-refractivity contribution is 9.10. The summed E-state index contributed by atoms with van der Waals surface area (Å²) in [5.74, 6) is 1.97. The fraction of sp³-hybridized carbons (Fsp3) is 0.611. The Bertz CT molecular complexity index is 673. The number of nitrogens with two attached hydrogens (primary N) is 1. The predicted octanol–water partition coefficient (Wildman–Crippen LogP) is 4.06. The van der Waals surface area contributed by atoms with Gasteiger partial charge in [-0.1, -0.05) is 27.7 Å². The minimum absolute atomic E-state index is 0.0153. The van der Waals surface area contributed by atoms with Gasteiger partial charge in [-0.3, -0.25) is 4.99 Å². The molecule has 24 heavy (non-hydrogen) atoms. The summed E-state index contributed by atoms with van der Waals surface area (Å²) in [5.41, 5.74) is 7.16. The van der Waals surface area contributed by atoms with E-state index in [0.29, 0.717) is 11.3 Å². The van der Waals surface area contributed by atoms with Crippen molar-refractivity contribution in [3.05, 3.63) is 28.2 Å². The molecule has 4 nitrogen and oxygen atoms in total. The van der Waals surface area contributed by atoms with E-state index in [1.165, 1.54) is 5.56 Å². The van der Waals surface area contributed by atoms with E-state index >= 15 is 0 Å². The molecule has 6 heteroatoms. The van der Waals surface area contributed by atoms with Gasteiger partial charge in [-0.15, -0.1) is 0 Å². The molecular formula is C18H23BrN2O2S. The van der Waals surface area contributed by atoms with Crippen LogP contribution in [0.25, 0.3) is 0 Å². The van der Waals surface area contributed by atoms with E-state index in [1.54, 1.807) is 11.8 Å². The molecule has 4 rings (SSSR count). The van der Waals surface area contributed by atoms with Crippen molar-refractivity contribution in [2.45, 2.75) is 43.7 Å². The lowest BCUT2D eigenvalue weighted by atomic mass is 9.57. The van der Waals surface area contributed by atoms with Gasteiger partial charge in [-0.2, -0.15) is 0 Å². The Kier molecular flexibility index (Phi) is 4.34. The van der Waals surface area contributed by atoms with Crippen LogP contribution in [0.15, 0.2) is 27.7 Å². The fourth-order valence-corrected chi connectivity index (χ4v) is 5.86. The normalized spacial score (nSPS) is 35.4. The lowest BCUT2D eigenvalue weighted by molar-refractivity contribution is -0.0511. The summed E-state index contributed by atoms with van der Waals surface area (Å²) in [4.78, 5) is 5.10. The highest BCUT2D eigenvalue weighted by atomic mass is 79.9. The second-order valence-corrected chi connectivity index (χ2v) is 9.08. The number of halogens is 1. The lowest BCUT2D eigenvalue weighted by Crippen LogP contribution is -2.55. The number of thioether (sulfide) groups is 1. The molecule has 1 aromatic rings. The van der Waals surface area contributed by atoms with Crippen LogP contribution in [0.1, 0.15) is 37.7 Å². The first-order valence-corrected chi connectivity index (χ1v) is 10.3. The summed E-state index contributed by atoms with van der Waals surface area (Å²) >= 11 is 5.30. The molecule has 3 aliphatic rings. The number of rotatable bonds is 1. The standard InChI is InChI=1S/C18H23BrN2O2S/c1-22-13-4-6-17(7-5-13)11-23-15-3-2-12(19)10-14(15)18(17)8-9-24-16(20)21-18/h2-3,10,13H,4-9,11H2,1H3,(H2,20,21). The molecule has 0 radical (unpaired) electrons. The summed E-state index contributed by atoms with van der Waals surface area (Å²) in [6.07, 6.45) is 5.64. The van der Waals surface area contributed by atoms with E-state index in [1.807, 2.05) is 13.2 Å². The first kappa shape index (κ1) is 16.7. The third-order valence-corrected chi connectivity index (χ3v) is 7.29. The van der Waals surface area contributed by atoms with Crippen LogP contribution < -0.4 is 10.5 Å². The molecule has 1 saturated carbocycles. The van der Waals surface area contributed by atoms with Gasteiger partial charge in [0.2, 0.25) is 0 Å². The topological polar surface area (TPSA) is 56.8 Å². The van der Waals surface area contributed by atoms with Gasteiger partial charge < -0.3 is 15.2 Å². The van der Waals surface area contributed by atoms with Gasteiger partial charge in [0.15, 0.2) is 5.17 Å². The number of aliphatic imine (C=N–C) groups is 1. The molecule has 1 fully saturated rings. The van der Waals surface area contributed by atoms with Gasteiger partial charge in [-0.05, 0) is 50.3 Å². The van der Waals surface area contributed by atoms with Crippen molar-refractivity contribution in [3.8, 4) is 5.75 Å². The zero-order valence-corrected chi connectivity index (χ0v) is 16.3. The maximum atomic E-state index is 6.22. The molecule has 0 bridgehead atoms. The zero-order valence-electron chi connectivity index (χ0n) is 13.9. The molecule has 130 valence electrons. The number of amidine groups is 1. The van der Waals surface area contributed by atoms with Gasteiger partial charge in [0, 0.05) is 28.3 Å². The highest BCUT2D eigenvalue weighted by Crippen LogP contribution is 2.60. The van der Waals surface area contributed by atoms with E-state index in [-0.39, 0.29) is 11.0 Å². The molecule has 1 atom stereocenters. The van der Waals surface area contributed by atoms with Crippen molar-refractivity contribution in [1.82, 2.24) is 0 Å². The van der Waals surface area contributed by atoms with Gasteiger partial charge in [-0.25, -0.2) is 0 Å². The molecule has 1 aliphatic carbocycles. The summed E-state index contributed by atoms with van der Waals surface area (Å²) in [6.45, 7) is 0.722. The minimum atomic E-state index is -0.265. The summed E-state index contributed by atoms with van der Waals surface area (Å²) in [7, 11) is 1.82. The minimum Gasteiger partial charge on any atom is -0.493 e. The molecule has 2 aliphatic heterocycles. The van der Waals surface area contributed by atoms with E-state index in [9.17, 15) is 0 Å². The van der Waals surface area contributed by atoms with Gasteiger partial charge in [0.25, 0.3) is 0 Å². The van der Waals surface area contributed by atoms with Crippen molar-refractivity contribution in [3.63, 3.8) is 0 Å². The molecule has 1 unspecified atom stereocenters. The average Bonchev–Trinajstić information content (AvgIpc) is 2.60. The van der Waals surface area contributed by atoms with E-state index < -0.39 is 0 Å². The zero-order chi connectivity index (χ0) is 16.8. The maximum Gasteiger partial charge on any atom is 0.154 e. The smallest absolute Gasteiger partial charge is 0.154 e. The Labute approximate surface area is 155 Å². The van der Waals surface area contributed by atoms with Crippen molar-refractivity contribution >= 4 is 32.9 Å². The number of hydrogen-bond donors (Lipinski definition) is 1. The number of fused-ring (bicyclic) bond motifs is 3. The highest BCUT2D eigenvalue weighted by Gasteiger charge is 2.58. The quantitative estimate of drug-likeness (QED) is 0.757. The first-order chi connectivity index (χ1) is 11.6. The Morgan fingerprint density at radius 2 is 2.12 bits per heavy atom. The largest absolute Gasteiger partial charge is 0.493 e. The molecule has 2 spiro atoms. The average molecular weight is 411 g/mol. The van der Waals surface area contributed by atoms with Gasteiger partial charge in [0.1, 0.15) is 11.3 Å². The Balaban J connectivity index is 1.85. The van der Waals surface area contributed by atoms with Gasteiger partial charge in [0.05, 0.1) is 12.7 Å². The molecular weight excluding hydrogens is 388 g/mol. The van der Waals surface area contributed by atoms with Crippen LogP contribution in [0.3, 0.4) is 0 Å². The van der Waals surface area contributed by atoms with Crippen molar-refractivity contribution < 1.29 is 9.47 Å². The molecule has 0 amide bonds. The SMILES string of the molecule is COC1CCC2(CC1)COc1ccc(Br)cc1C21CCSC(N)=N1. The van der Waals surface area contributed by atoms with Crippen LogP contribution >= 0.6 is 27.7 Å². The number of ether oxygens (including phenoxy) is 2. The van der Waals surface area contributed by atoms with Crippen LogP contribution in [0.2, 0.25) is 0 Å². The molecule has 0 saturated heterocycles. The Morgan fingerprint density at radius 1 is 1.33 bits per heavy atom.